The molecule has 112 valence electrons. The van der Waals surface area contributed by atoms with Crippen molar-refractivity contribution in [3.05, 3.63) is 23.1 Å². The van der Waals surface area contributed by atoms with Crippen LogP contribution in [-0.2, 0) is 11.2 Å². The molecule has 0 saturated carbocycles. The Hall–Kier alpha value is -1.82. The molecule has 0 fully saturated rings. The summed E-state index contributed by atoms with van der Waals surface area (Å²) in [6, 6.07) is 1.70. The lowest BCUT2D eigenvalue weighted by molar-refractivity contribution is 0.0577. The smallest absolute Gasteiger partial charge is 0.414 e. The average molecular weight is 309 g/mol. The molecule has 0 aromatic carbocycles. The lowest BCUT2D eigenvalue weighted by Gasteiger charge is -2.31. The number of aryl methyl sites for hydroxylation is 1. The number of rotatable bonds is 0. The summed E-state index contributed by atoms with van der Waals surface area (Å²) in [5, 5.41) is 4.63. The molecule has 1 amide bonds. The van der Waals surface area contributed by atoms with Gasteiger partial charge in [-0.3, -0.25) is 4.90 Å². The lowest BCUT2D eigenvalue weighted by Crippen LogP contribution is -2.40. The molecule has 0 bridgehead atoms. The summed E-state index contributed by atoms with van der Waals surface area (Å²) in [6.07, 6.45) is 3.00. The second-order valence-corrected chi connectivity index (χ2v) is 6.45. The van der Waals surface area contributed by atoms with Crippen molar-refractivity contribution in [1.82, 2.24) is 14.6 Å². The highest BCUT2D eigenvalue weighted by Crippen LogP contribution is 2.29. The summed E-state index contributed by atoms with van der Waals surface area (Å²) in [7, 11) is 0. The number of ether oxygens (including phenoxy) is 1. The Labute approximate surface area is 127 Å². The van der Waals surface area contributed by atoms with Crippen LogP contribution >= 0.6 is 11.6 Å². The Kier molecular flexibility index (Phi) is 3.28. The number of aromatic nitrogens is 3. The third-order valence-corrected chi connectivity index (χ3v) is 3.42. The zero-order valence-electron chi connectivity index (χ0n) is 12.3. The van der Waals surface area contributed by atoms with E-state index < -0.39 is 5.60 Å². The van der Waals surface area contributed by atoms with E-state index in [9.17, 15) is 4.79 Å². The van der Waals surface area contributed by atoms with E-state index in [1.54, 1.807) is 21.7 Å². The van der Waals surface area contributed by atoms with Gasteiger partial charge in [0.05, 0.1) is 17.6 Å². The van der Waals surface area contributed by atoms with Crippen LogP contribution in [0.4, 0.5) is 10.5 Å². The normalized spacial score (nSPS) is 15.1. The van der Waals surface area contributed by atoms with E-state index >= 15 is 0 Å². The Balaban J connectivity index is 2.02. The molecule has 0 radical (unpaired) electrons. The van der Waals surface area contributed by atoms with Crippen molar-refractivity contribution in [1.29, 1.82) is 0 Å². The molecule has 7 heteroatoms. The third-order valence-electron chi connectivity index (χ3n) is 3.23. The number of hydrogen-bond donors (Lipinski definition) is 0. The van der Waals surface area contributed by atoms with Gasteiger partial charge in [0.1, 0.15) is 5.60 Å². The average Bonchev–Trinajstić information content (AvgIpc) is 2.76. The van der Waals surface area contributed by atoms with Crippen molar-refractivity contribution in [2.45, 2.75) is 39.2 Å². The van der Waals surface area contributed by atoms with Crippen LogP contribution in [0.3, 0.4) is 0 Å². The van der Waals surface area contributed by atoms with Gasteiger partial charge in [0.2, 0.25) is 0 Å². The van der Waals surface area contributed by atoms with Gasteiger partial charge in [-0.25, -0.2) is 14.3 Å². The summed E-state index contributed by atoms with van der Waals surface area (Å²) in [5.74, 6) is 0. The van der Waals surface area contributed by atoms with Crippen LogP contribution in [0.2, 0.25) is 5.15 Å². The number of amides is 1. The predicted molar refractivity (Wildman–Crippen MR) is 79.9 cm³/mol. The van der Waals surface area contributed by atoms with E-state index in [0.29, 0.717) is 17.3 Å². The van der Waals surface area contributed by atoms with E-state index in [-0.39, 0.29) is 6.09 Å². The Bertz CT molecular complexity index is 705. The number of halogens is 1. The first-order chi connectivity index (χ1) is 9.85. The molecule has 0 saturated heterocycles. The van der Waals surface area contributed by atoms with Gasteiger partial charge in [-0.2, -0.15) is 5.10 Å². The van der Waals surface area contributed by atoms with Crippen LogP contribution in [0.25, 0.3) is 5.65 Å². The maximum Gasteiger partial charge on any atom is 0.414 e. The maximum absolute atomic E-state index is 12.3. The molecule has 0 spiro atoms. The third kappa shape index (κ3) is 2.68. The minimum absolute atomic E-state index is 0.358. The molecule has 0 atom stereocenters. The highest BCUT2D eigenvalue weighted by molar-refractivity contribution is 6.29. The molecule has 6 nitrogen and oxygen atoms in total. The Morgan fingerprint density at radius 2 is 2.19 bits per heavy atom. The standard InChI is InChI=1S/C14H17ClN4O2/c1-14(2,3)21-13(20)18-6-4-5-9-10(18)8-16-12-7-11(15)17-19(9)12/h7-8H,4-6H2,1-3H3. The first kappa shape index (κ1) is 14.1. The molecule has 3 heterocycles. The fraction of sp³-hybridized carbons (Fsp3) is 0.500. The van der Waals surface area contributed by atoms with Gasteiger partial charge < -0.3 is 4.74 Å². The fourth-order valence-corrected chi connectivity index (χ4v) is 2.61. The van der Waals surface area contributed by atoms with Gasteiger partial charge in [-0.15, -0.1) is 0 Å². The van der Waals surface area contributed by atoms with Crippen molar-refractivity contribution >= 4 is 29.0 Å². The zero-order valence-corrected chi connectivity index (χ0v) is 13.0. The van der Waals surface area contributed by atoms with E-state index in [1.807, 2.05) is 20.8 Å². The van der Waals surface area contributed by atoms with Gasteiger partial charge >= 0.3 is 6.09 Å². The van der Waals surface area contributed by atoms with Crippen LogP contribution in [-0.4, -0.2) is 32.8 Å². The second kappa shape index (κ2) is 4.87. The van der Waals surface area contributed by atoms with E-state index in [2.05, 4.69) is 10.1 Å². The summed E-state index contributed by atoms with van der Waals surface area (Å²) in [5.41, 5.74) is 1.83. The second-order valence-electron chi connectivity index (χ2n) is 6.06. The van der Waals surface area contributed by atoms with Crippen molar-refractivity contribution in [3.8, 4) is 0 Å². The van der Waals surface area contributed by atoms with Gasteiger partial charge in [-0.1, -0.05) is 11.6 Å². The number of fused-ring (bicyclic) bond motifs is 3. The molecule has 2 aromatic rings. The first-order valence-electron chi connectivity index (χ1n) is 6.89. The summed E-state index contributed by atoms with van der Waals surface area (Å²) in [4.78, 5) is 18.3. The van der Waals surface area contributed by atoms with E-state index in [0.717, 1.165) is 24.2 Å². The van der Waals surface area contributed by atoms with E-state index in [4.69, 9.17) is 16.3 Å². The quantitative estimate of drug-likeness (QED) is 0.750. The minimum Gasteiger partial charge on any atom is -0.443 e. The summed E-state index contributed by atoms with van der Waals surface area (Å²) < 4.78 is 7.16. The predicted octanol–water partition coefficient (Wildman–Crippen LogP) is 3.07. The number of nitrogens with zero attached hydrogens (tertiary/aromatic N) is 4. The fourth-order valence-electron chi connectivity index (χ4n) is 2.44. The summed E-state index contributed by atoms with van der Waals surface area (Å²) in [6.45, 7) is 6.17. The molecule has 1 aliphatic heterocycles. The van der Waals surface area contributed by atoms with Crippen LogP contribution in [0.1, 0.15) is 32.9 Å². The van der Waals surface area contributed by atoms with Crippen molar-refractivity contribution in [2.75, 3.05) is 11.4 Å². The molecule has 3 rings (SSSR count). The van der Waals surface area contributed by atoms with Crippen molar-refractivity contribution < 1.29 is 9.53 Å². The molecule has 0 aliphatic carbocycles. The van der Waals surface area contributed by atoms with Gasteiger partial charge in [-0.05, 0) is 33.6 Å². The van der Waals surface area contributed by atoms with Gasteiger partial charge in [0.25, 0.3) is 0 Å². The highest BCUT2D eigenvalue weighted by Gasteiger charge is 2.29. The number of carbonyl (C=O) groups is 1. The van der Waals surface area contributed by atoms with Gasteiger partial charge in [0.15, 0.2) is 10.8 Å². The Morgan fingerprint density at radius 3 is 2.90 bits per heavy atom. The Morgan fingerprint density at radius 1 is 1.43 bits per heavy atom. The number of anilines is 1. The molecule has 2 aromatic heterocycles. The molecule has 0 unspecified atom stereocenters. The van der Waals surface area contributed by atoms with E-state index in [1.165, 1.54) is 0 Å². The topological polar surface area (TPSA) is 59.7 Å². The molecular weight excluding hydrogens is 292 g/mol. The molecule has 1 aliphatic rings. The SMILES string of the molecule is CC(C)(C)OC(=O)N1CCCc2c1cnc1cc(Cl)nn21. The first-order valence-corrected chi connectivity index (χ1v) is 7.26. The van der Waals surface area contributed by atoms with Crippen LogP contribution in [0.5, 0.6) is 0 Å². The maximum atomic E-state index is 12.3. The van der Waals surface area contributed by atoms with Crippen LogP contribution in [0.15, 0.2) is 12.3 Å². The largest absolute Gasteiger partial charge is 0.443 e. The highest BCUT2D eigenvalue weighted by atomic mass is 35.5. The van der Waals surface area contributed by atoms with Crippen LogP contribution in [0, 0.1) is 0 Å². The number of hydrogen-bond acceptors (Lipinski definition) is 4. The molecular formula is C14H17ClN4O2. The molecule has 0 N–H and O–H groups in total. The zero-order chi connectivity index (χ0) is 15.2. The van der Waals surface area contributed by atoms with Crippen LogP contribution < -0.4 is 4.90 Å². The lowest BCUT2D eigenvalue weighted by atomic mass is 10.1. The minimum atomic E-state index is -0.527. The monoisotopic (exact) mass is 308 g/mol. The summed E-state index contributed by atoms with van der Waals surface area (Å²) >= 11 is 5.93. The molecule has 21 heavy (non-hydrogen) atoms. The van der Waals surface area contributed by atoms with Crippen molar-refractivity contribution in [3.63, 3.8) is 0 Å². The van der Waals surface area contributed by atoms with Crippen molar-refractivity contribution in [2.24, 2.45) is 0 Å². The number of carbonyl (C=O) groups excluding carboxylic acids is 1. The van der Waals surface area contributed by atoms with Gasteiger partial charge in [0, 0.05) is 12.6 Å².